The third-order valence-corrected chi connectivity index (χ3v) is 6.26. The van der Waals surface area contributed by atoms with E-state index in [0.717, 1.165) is 24.2 Å². The highest BCUT2D eigenvalue weighted by Gasteiger charge is 2.32. The lowest BCUT2D eigenvalue weighted by atomic mass is 9.83. The Hall–Kier alpha value is -1.64. The maximum Gasteiger partial charge on any atom is 0.192 e. The molecule has 29 heavy (non-hydrogen) atoms. The van der Waals surface area contributed by atoms with Gasteiger partial charge in [-0.25, -0.2) is 4.99 Å². The molecule has 0 amide bonds. The van der Waals surface area contributed by atoms with Crippen molar-refractivity contribution in [3.63, 3.8) is 0 Å². The first-order valence-electron chi connectivity index (χ1n) is 10.5. The number of guanidine groups is 1. The van der Waals surface area contributed by atoms with Crippen molar-refractivity contribution in [2.75, 3.05) is 6.54 Å². The highest BCUT2D eigenvalue weighted by atomic mass is 127. The zero-order valence-electron chi connectivity index (χ0n) is 18.1. The molecule has 2 aromatic rings. The molecular weight excluding hydrogens is 475 g/mol. The predicted octanol–water partition coefficient (Wildman–Crippen LogP) is 4.51. The van der Waals surface area contributed by atoms with E-state index in [1.54, 1.807) is 0 Å². The fourth-order valence-electron chi connectivity index (χ4n) is 3.97. The summed E-state index contributed by atoms with van der Waals surface area (Å²) in [7, 11) is 1.98. The number of aromatic nitrogens is 3. The van der Waals surface area contributed by atoms with E-state index >= 15 is 0 Å². The van der Waals surface area contributed by atoms with Crippen molar-refractivity contribution in [2.24, 2.45) is 17.5 Å². The van der Waals surface area contributed by atoms with Gasteiger partial charge in [0.05, 0.1) is 6.04 Å². The smallest absolute Gasteiger partial charge is 0.192 e. The van der Waals surface area contributed by atoms with E-state index in [2.05, 4.69) is 58.9 Å². The van der Waals surface area contributed by atoms with E-state index in [9.17, 15) is 0 Å². The van der Waals surface area contributed by atoms with Crippen LogP contribution in [-0.2, 0) is 13.6 Å². The number of nitrogens with zero attached hydrogens (tertiary/aromatic N) is 4. The van der Waals surface area contributed by atoms with Crippen molar-refractivity contribution >= 4 is 29.9 Å². The Morgan fingerprint density at radius 2 is 1.90 bits per heavy atom. The van der Waals surface area contributed by atoms with Gasteiger partial charge in [0.2, 0.25) is 0 Å². The van der Waals surface area contributed by atoms with Crippen LogP contribution in [0.2, 0.25) is 0 Å². The van der Waals surface area contributed by atoms with Gasteiger partial charge in [-0.15, -0.1) is 34.2 Å². The van der Waals surface area contributed by atoms with Crippen LogP contribution in [0.4, 0.5) is 0 Å². The lowest BCUT2D eigenvalue weighted by Crippen LogP contribution is -2.43. The van der Waals surface area contributed by atoms with E-state index in [1.807, 2.05) is 24.6 Å². The van der Waals surface area contributed by atoms with Gasteiger partial charge in [0.25, 0.3) is 0 Å². The SMILES string of the molecule is CCC1(CNC(=NCc2nnc(C)n2C)NC(C)c2ccccc2)CCCC1.I. The van der Waals surface area contributed by atoms with Gasteiger partial charge in [-0.05, 0) is 44.1 Å². The van der Waals surface area contributed by atoms with Gasteiger partial charge in [-0.3, -0.25) is 0 Å². The van der Waals surface area contributed by atoms with Crippen LogP contribution in [0.25, 0.3) is 0 Å². The average Bonchev–Trinajstić information content (AvgIpc) is 3.32. The minimum absolute atomic E-state index is 0. The molecule has 1 atom stereocenters. The van der Waals surface area contributed by atoms with Gasteiger partial charge < -0.3 is 15.2 Å². The third kappa shape index (κ3) is 6.17. The lowest BCUT2D eigenvalue weighted by Gasteiger charge is -2.29. The van der Waals surface area contributed by atoms with Crippen LogP contribution in [0.1, 0.15) is 69.2 Å². The summed E-state index contributed by atoms with van der Waals surface area (Å²) in [6, 6.07) is 10.7. The summed E-state index contributed by atoms with van der Waals surface area (Å²) in [6.07, 6.45) is 6.51. The summed E-state index contributed by atoms with van der Waals surface area (Å²) in [6.45, 7) is 7.92. The Kier molecular flexibility index (Phi) is 8.92. The molecule has 1 aliphatic carbocycles. The minimum atomic E-state index is 0. The number of hydrogen-bond donors (Lipinski definition) is 2. The maximum absolute atomic E-state index is 4.83. The van der Waals surface area contributed by atoms with E-state index in [-0.39, 0.29) is 30.0 Å². The second kappa shape index (κ2) is 10.9. The van der Waals surface area contributed by atoms with Crippen molar-refractivity contribution in [2.45, 2.75) is 65.5 Å². The Morgan fingerprint density at radius 3 is 2.48 bits per heavy atom. The molecule has 0 bridgehead atoms. The average molecular weight is 510 g/mol. The molecule has 7 heteroatoms. The molecule has 1 fully saturated rings. The van der Waals surface area contributed by atoms with Gasteiger partial charge >= 0.3 is 0 Å². The first-order chi connectivity index (χ1) is 13.5. The number of hydrogen-bond acceptors (Lipinski definition) is 3. The van der Waals surface area contributed by atoms with Gasteiger partial charge in [0, 0.05) is 13.6 Å². The fraction of sp³-hybridized carbons (Fsp3) is 0.591. The van der Waals surface area contributed by atoms with Crippen LogP contribution >= 0.6 is 24.0 Å². The standard InChI is InChI=1S/C22H34N6.HI/c1-5-22(13-9-10-14-22)16-24-21(23-15-20-27-26-18(3)28(20)4)25-17(2)19-11-7-6-8-12-19;/h6-8,11-12,17H,5,9-10,13-16H2,1-4H3,(H2,23,24,25);1H. The van der Waals surface area contributed by atoms with Crippen molar-refractivity contribution in [1.29, 1.82) is 0 Å². The number of benzene rings is 1. The molecule has 6 nitrogen and oxygen atoms in total. The minimum Gasteiger partial charge on any atom is -0.356 e. The highest BCUT2D eigenvalue weighted by molar-refractivity contribution is 14.0. The number of aliphatic imine (C=N–C) groups is 1. The molecule has 1 heterocycles. The summed E-state index contributed by atoms with van der Waals surface area (Å²) in [4.78, 5) is 4.83. The first kappa shape index (κ1) is 23.6. The first-order valence-corrected chi connectivity index (χ1v) is 10.5. The molecular formula is C22H35IN6. The molecule has 0 radical (unpaired) electrons. The zero-order valence-corrected chi connectivity index (χ0v) is 20.4. The topological polar surface area (TPSA) is 67.1 Å². The summed E-state index contributed by atoms with van der Waals surface area (Å²) >= 11 is 0. The van der Waals surface area contributed by atoms with Crippen LogP contribution in [0, 0.1) is 12.3 Å². The van der Waals surface area contributed by atoms with E-state index < -0.39 is 0 Å². The summed E-state index contributed by atoms with van der Waals surface area (Å²) < 4.78 is 1.99. The molecule has 1 aromatic heterocycles. The summed E-state index contributed by atoms with van der Waals surface area (Å²) in [5.74, 6) is 2.62. The highest BCUT2D eigenvalue weighted by Crippen LogP contribution is 2.40. The van der Waals surface area contributed by atoms with Gasteiger partial charge in [0.15, 0.2) is 11.8 Å². The van der Waals surface area contributed by atoms with Gasteiger partial charge in [0.1, 0.15) is 12.4 Å². The second-order valence-electron chi connectivity index (χ2n) is 8.08. The van der Waals surface area contributed by atoms with Crippen LogP contribution < -0.4 is 10.6 Å². The lowest BCUT2D eigenvalue weighted by molar-refractivity contribution is 0.283. The van der Waals surface area contributed by atoms with Crippen LogP contribution in [-0.4, -0.2) is 27.3 Å². The Balaban J connectivity index is 0.00000300. The largest absolute Gasteiger partial charge is 0.356 e. The van der Waals surface area contributed by atoms with E-state index in [4.69, 9.17) is 4.99 Å². The Labute approximate surface area is 192 Å². The monoisotopic (exact) mass is 510 g/mol. The molecule has 0 saturated heterocycles. The van der Waals surface area contributed by atoms with Gasteiger partial charge in [-0.1, -0.05) is 50.1 Å². The number of nitrogens with one attached hydrogen (secondary N) is 2. The Bertz CT molecular complexity index is 780. The maximum atomic E-state index is 4.83. The molecule has 0 aliphatic heterocycles. The number of aryl methyl sites for hydroxylation is 1. The third-order valence-electron chi connectivity index (χ3n) is 6.26. The number of halogens is 1. The van der Waals surface area contributed by atoms with Crippen LogP contribution in [0.3, 0.4) is 0 Å². The molecule has 1 unspecified atom stereocenters. The predicted molar refractivity (Wildman–Crippen MR) is 129 cm³/mol. The van der Waals surface area contributed by atoms with Crippen molar-refractivity contribution < 1.29 is 0 Å². The normalized spacial score (nSPS) is 16.9. The quantitative estimate of drug-likeness (QED) is 0.327. The van der Waals surface area contributed by atoms with E-state index in [0.29, 0.717) is 12.0 Å². The Morgan fingerprint density at radius 1 is 1.21 bits per heavy atom. The van der Waals surface area contributed by atoms with Crippen LogP contribution in [0.5, 0.6) is 0 Å². The molecule has 1 aromatic carbocycles. The van der Waals surface area contributed by atoms with Gasteiger partial charge in [-0.2, -0.15) is 0 Å². The molecule has 1 aliphatic rings. The molecule has 3 rings (SSSR count). The molecule has 2 N–H and O–H groups in total. The second-order valence-corrected chi connectivity index (χ2v) is 8.08. The van der Waals surface area contributed by atoms with E-state index in [1.165, 1.54) is 37.7 Å². The van der Waals surface area contributed by atoms with Crippen molar-refractivity contribution in [3.8, 4) is 0 Å². The fourth-order valence-corrected chi connectivity index (χ4v) is 3.97. The number of rotatable bonds is 7. The zero-order chi connectivity index (χ0) is 20.0. The molecule has 0 spiro atoms. The van der Waals surface area contributed by atoms with Crippen molar-refractivity contribution in [1.82, 2.24) is 25.4 Å². The molecule has 160 valence electrons. The summed E-state index contributed by atoms with van der Waals surface area (Å²) in [5.41, 5.74) is 1.65. The molecule has 1 saturated carbocycles. The van der Waals surface area contributed by atoms with Crippen LogP contribution in [0.15, 0.2) is 35.3 Å². The van der Waals surface area contributed by atoms with Crippen molar-refractivity contribution in [3.05, 3.63) is 47.5 Å². The summed E-state index contributed by atoms with van der Waals surface area (Å²) in [5, 5.41) is 15.6.